The van der Waals surface area contributed by atoms with Gasteiger partial charge < -0.3 is 24.1 Å². The summed E-state index contributed by atoms with van der Waals surface area (Å²) < 4.78 is 22.0. The van der Waals surface area contributed by atoms with E-state index >= 15 is 0 Å². The summed E-state index contributed by atoms with van der Waals surface area (Å²) in [5.74, 6) is 1.71. The monoisotopic (exact) mass is 428 g/mol. The lowest BCUT2D eigenvalue weighted by Gasteiger charge is -2.10. The van der Waals surface area contributed by atoms with Crippen LogP contribution < -0.4 is 9.47 Å². The van der Waals surface area contributed by atoms with Crippen LogP contribution in [0.2, 0.25) is 0 Å². The summed E-state index contributed by atoms with van der Waals surface area (Å²) in [4.78, 5) is 0. The minimum Gasteiger partial charge on any atom is -0.497 e. The number of rotatable bonds is 16. The predicted octanol–water partition coefficient (Wildman–Crippen LogP) is 5.31. The van der Waals surface area contributed by atoms with Gasteiger partial charge in [-0.1, -0.05) is 35.9 Å². The lowest BCUT2D eigenvalue weighted by Crippen LogP contribution is -2.00. The maximum atomic E-state index is 9.06. The van der Waals surface area contributed by atoms with Crippen LogP contribution in [0.15, 0.2) is 60.2 Å². The molecule has 0 aliphatic heterocycles. The zero-order chi connectivity index (χ0) is 22.2. The van der Waals surface area contributed by atoms with E-state index in [4.69, 9.17) is 24.1 Å². The van der Waals surface area contributed by atoms with Crippen LogP contribution in [0.25, 0.3) is 0 Å². The Morgan fingerprint density at radius 1 is 0.742 bits per heavy atom. The first kappa shape index (κ1) is 24.9. The van der Waals surface area contributed by atoms with E-state index in [-0.39, 0.29) is 6.61 Å². The lowest BCUT2D eigenvalue weighted by atomic mass is 10.0. The van der Waals surface area contributed by atoms with Crippen molar-refractivity contribution in [2.75, 3.05) is 34.0 Å². The molecule has 0 heterocycles. The fourth-order valence-electron chi connectivity index (χ4n) is 3.17. The Hall–Kier alpha value is -2.34. The molecule has 0 aliphatic rings. The summed E-state index contributed by atoms with van der Waals surface area (Å²) in [6.07, 6.45) is 6.86. The Balaban J connectivity index is 1.69. The van der Waals surface area contributed by atoms with Gasteiger partial charge in [0, 0.05) is 6.61 Å². The topological polar surface area (TPSA) is 57.2 Å². The highest BCUT2D eigenvalue weighted by molar-refractivity contribution is 5.27. The third-order valence-electron chi connectivity index (χ3n) is 5.02. The quantitative estimate of drug-likeness (QED) is 0.290. The smallest absolute Gasteiger partial charge is 0.118 e. The molecule has 0 radical (unpaired) electrons. The highest BCUT2D eigenvalue weighted by atomic mass is 16.5. The highest BCUT2D eigenvalue weighted by Gasteiger charge is 2.01. The van der Waals surface area contributed by atoms with Gasteiger partial charge in [-0.3, -0.25) is 0 Å². The first-order valence-electron chi connectivity index (χ1n) is 10.9. The number of methoxy groups -OCH3 is 2. The molecular weight excluding hydrogens is 392 g/mol. The van der Waals surface area contributed by atoms with E-state index in [0.717, 1.165) is 54.7 Å². The van der Waals surface area contributed by atoms with Gasteiger partial charge in [0.1, 0.15) is 11.5 Å². The Bertz CT molecular complexity index is 737. The van der Waals surface area contributed by atoms with Crippen molar-refractivity contribution in [2.45, 2.75) is 45.3 Å². The average molecular weight is 429 g/mol. The first-order chi connectivity index (χ1) is 15.2. The molecule has 0 atom stereocenters. The van der Waals surface area contributed by atoms with Gasteiger partial charge in [-0.2, -0.15) is 0 Å². The van der Waals surface area contributed by atoms with Crippen molar-refractivity contribution in [3.05, 3.63) is 71.3 Å². The zero-order valence-electron chi connectivity index (χ0n) is 18.8. The van der Waals surface area contributed by atoms with Crippen LogP contribution in [-0.4, -0.2) is 39.1 Å². The molecular formula is C26H36O5. The van der Waals surface area contributed by atoms with E-state index in [9.17, 15) is 0 Å². The predicted molar refractivity (Wildman–Crippen MR) is 124 cm³/mol. The summed E-state index contributed by atoms with van der Waals surface area (Å²) >= 11 is 0. The molecule has 0 unspecified atom stereocenters. The van der Waals surface area contributed by atoms with Crippen molar-refractivity contribution in [1.82, 2.24) is 0 Å². The summed E-state index contributed by atoms with van der Waals surface area (Å²) in [5, 5.41) is 9.06. The third kappa shape index (κ3) is 10.5. The molecule has 0 aromatic heterocycles. The van der Waals surface area contributed by atoms with Gasteiger partial charge in [0.05, 0.1) is 40.6 Å². The SMILES string of the molecule is COc1ccc(COCC/C=C(/CCCCO)CCOCc2ccc(OC)cc2)cc1. The van der Waals surface area contributed by atoms with Gasteiger partial charge in [0.25, 0.3) is 0 Å². The standard InChI is InChI=1S/C26H36O5/c1-28-25-12-8-23(9-13-25)20-30-18-5-7-22(6-3-4-17-27)16-19-31-21-24-10-14-26(29-2)15-11-24/h7-15,27H,3-6,16-21H2,1-2H3/b22-7-. The molecule has 0 fully saturated rings. The second-order valence-corrected chi connectivity index (χ2v) is 7.38. The maximum Gasteiger partial charge on any atom is 0.118 e. The Labute approximate surface area is 186 Å². The second kappa shape index (κ2) is 15.5. The third-order valence-corrected chi connectivity index (χ3v) is 5.02. The van der Waals surface area contributed by atoms with E-state index in [0.29, 0.717) is 26.4 Å². The normalized spacial score (nSPS) is 11.5. The van der Waals surface area contributed by atoms with Crippen LogP contribution in [0, 0.1) is 0 Å². The van der Waals surface area contributed by atoms with Crippen LogP contribution in [0.3, 0.4) is 0 Å². The molecule has 0 saturated carbocycles. The minimum absolute atomic E-state index is 0.242. The maximum absolute atomic E-state index is 9.06. The van der Waals surface area contributed by atoms with E-state index < -0.39 is 0 Å². The van der Waals surface area contributed by atoms with Crippen LogP contribution >= 0.6 is 0 Å². The largest absolute Gasteiger partial charge is 0.497 e. The number of hydrogen-bond acceptors (Lipinski definition) is 5. The molecule has 2 rings (SSSR count). The lowest BCUT2D eigenvalue weighted by molar-refractivity contribution is 0.121. The summed E-state index contributed by atoms with van der Waals surface area (Å²) in [6, 6.07) is 15.9. The number of unbranched alkanes of at least 4 members (excludes halogenated alkanes) is 1. The van der Waals surface area contributed by atoms with Crippen molar-refractivity contribution in [2.24, 2.45) is 0 Å². The fourth-order valence-corrected chi connectivity index (χ4v) is 3.17. The highest BCUT2D eigenvalue weighted by Crippen LogP contribution is 2.16. The van der Waals surface area contributed by atoms with Crippen LogP contribution in [0.4, 0.5) is 0 Å². The molecule has 5 heteroatoms. The van der Waals surface area contributed by atoms with Crippen molar-refractivity contribution in [1.29, 1.82) is 0 Å². The van der Waals surface area contributed by atoms with Gasteiger partial charge >= 0.3 is 0 Å². The van der Waals surface area contributed by atoms with Crippen LogP contribution in [0.5, 0.6) is 11.5 Å². The van der Waals surface area contributed by atoms with E-state index in [1.165, 1.54) is 5.57 Å². The molecule has 0 aliphatic carbocycles. The van der Waals surface area contributed by atoms with Gasteiger partial charge in [-0.25, -0.2) is 0 Å². The summed E-state index contributed by atoms with van der Waals surface area (Å²) in [7, 11) is 3.33. The molecule has 2 aromatic carbocycles. The molecule has 1 N–H and O–H groups in total. The molecule has 0 amide bonds. The number of benzene rings is 2. The number of ether oxygens (including phenoxy) is 4. The second-order valence-electron chi connectivity index (χ2n) is 7.38. The average Bonchev–Trinajstić information content (AvgIpc) is 2.82. The van der Waals surface area contributed by atoms with Crippen LogP contribution in [0.1, 0.15) is 43.2 Å². The van der Waals surface area contributed by atoms with Gasteiger partial charge in [-0.15, -0.1) is 0 Å². The fraction of sp³-hybridized carbons (Fsp3) is 0.462. The molecule has 0 spiro atoms. The van der Waals surface area contributed by atoms with E-state index in [1.54, 1.807) is 14.2 Å². The van der Waals surface area contributed by atoms with Crippen LogP contribution in [-0.2, 0) is 22.7 Å². The van der Waals surface area contributed by atoms with E-state index in [2.05, 4.69) is 6.08 Å². The Kier molecular flexibility index (Phi) is 12.4. The van der Waals surface area contributed by atoms with Crippen molar-refractivity contribution in [3.63, 3.8) is 0 Å². The Morgan fingerprint density at radius 3 is 1.81 bits per heavy atom. The summed E-state index contributed by atoms with van der Waals surface area (Å²) in [6.45, 7) is 2.81. The number of aliphatic hydroxyl groups excluding tert-OH is 1. The Morgan fingerprint density at radius 2 is 1.29 bits per heavy atom. The molecule has 0 saturated heterocycles. The molecule has 0 bridgehead atoms. The molecule has 31 heavy (non-hydrogen) atoms. The number of aliphatic hydroxyl groups is 1. The van der Waals surface area contributed by atoms with E-state index in [1.807, 2.05) is 48.5 Å². The van der Waals surface area contributed by atoms with Crippen molar-refractivity contribution < 1.29 is 24.1 Å². The minimum atomic E-state index is 0.242. The molecule has 2 aromatic rings. The summed E-state index contributed by atoms with van der Waals surface area (Å²) in [5.41, 5.74) is 3.65. The van der Waals surface area contributed by atoms with Gasteiger partial charge in [-0.05, 0) is 67.5 Å². The van der Waals surface area contributed by atoms with Crippen molar-refractivity contribution in [3.8, 4) is 11.5 Å². The number of hydrogen-bond donors (Lipinski definition) is 1. The first-order valence-corrected chi connectivity index (χ1v) is 10.9. The van der Waals surface area contributed by atoms with Gasteiger partial charge in [0.2, 0.25) is 0 Å². The molecule has 170 valence electrons. The van der Waals surface area contributed by atoms with Gasteiger partial charge in [0.15, 0.2) is 0 Å². The zero-order valence-corrected chi connectivity index (χ0v) is 18.8. The molecule has 5 nitrogen and oxygen atoms in total. The van der Waals surface area contributed by atoms with Crippen molar-refractivity contribution >= 4 is 0 Å².